The normalized spacial score (nSPS) is 15.6. The van der Waals surface area contributed by atoms with E-state index in [1.165, 1.54) is 4.90 Å². The second-order valence-electron chi connectivity index (χ2n) is 6.76. The SMILES string of the molecule is C=N/C(=C\C=C(/C)N1CCNCC1)Nc1ncc2cc(C(=O)N(C)C)[nH]c2n1. The van der Waals surface area contributed by atoms with Crippen LogP contribution in [0.25, 0.3) is 11.0 Å². The molecule has 3 heterocycles. The van der Waals surface area contributed by atoms with Crippen LogP contribution in [0.1, 0.15) is 17.4 Å². The highest BCUT2D eigenvalue weighted by atomic mass is 16.2. The lowest BCUT2D eigenvalue weighted by Crippen LogP contribution is -2.42. The second kappa shape index (κ2) is 8.66. The van der Waals surface area contributed by atoms with E-state index < -0.39 is 0 Å². The van der Waals surface area contributed by atoms with E-state index in [9.17, 15) is 4.79 Å². The van der Waals surface area contributed by atoms with Crippen molar-refractivity contribution in [1.82, 2.24) is 30.1 Å². The van der Waals surface area contributed by atoms with Crippen molar-refractivity contribution in [3.8, 4) is 0 Å². The Kier molecular flexibility index (Phi) is 6.05. The Hall–Kier alpha value is -3.20. The molecule has 1 saturated heterocycles. The summed E-state index contributed by atoms with van der Waals surface area (Å²) in [5, 5.41) is 7.16. The minimum absolute atomic E-state index is 0.116. The maximum atomic E-state index is 12.1. The number of aromatic nitrogens is 3. The van der Waals surface area contributed by atoms with Crippen LogP contribution in [-0.2, 0) is 0 Å². The van der Waals surface area contributed by atoms with Crippen LogP contribution in [0.2, 0.25) is 0 Å². The largest absolute Gasteiger partial charge is 0.372 e. The van der Waals surface area contributed by atoms with Crippen molar-refractivity contribution >= 4 is 29.6 Å². The van der Waals surface area contributed by atoms with Crippen LogP contribution in [0.5, 0.6) is 0 Å². The summed E-state index contributed by atoms with van der Waals surface area (Å²) < 4.78 is 0. The van der Waals surface area contributed by atoms with Gasteiger partial charge in [0.05, 0.1) is 0 Å². The lowest BCUT2D eigenvalue weighted by Gasteiger charge is -2.29. The molecule has 28 heavy (non-hydrogen) atoms. The summed E-state index contributed by atoms with van der Waals surface area (Å²) in [5.41, 5.74) is 2.22. The minimum Gasteiger partial charge on any atom is -0.372 e. The third-order valence-corrected chi connectivity index (χ3v) is 4.51. The average molecular weight is 382 g/mol. The molecular formula is C19H26N8O. The summed E-state index contributed by atoms with van der Waals surface area (Å²) >= 11 is 0. The third-order valence-electron chi connectivity index (χ3n) is 4.51. The van der Waals surface area contributed by atoms with Crippen LogP contribution in [-0.4, -0.2) is 77.7 Å². The zero-order valence-corrected chi connectivity index (χ0v) is 16.5. The number of hydrogen-bond acceptors (Lipinski definition) is 7. The van der Waals surface area contributed by atoms with Crippen LogP contribution >= 0.6 is 0 Å². The third kappa shape index (κ3) is 4.55. The average Bonchev–Trinajstić information content (AvgIpc) is 3.14. The molecule has 0 saturated carbocycles. The minimum atomic E-state index is -0.116. The van der Waals surface area contributed by atoms with Gasteiger partial charge in [0.2, 0.25) is 5.95 Å². The molecule has 148 valence electrons. The Morgan fingerprint density at radius 3 is 2.79 bits per heavy atom. The molecule has 9 heteroatoms. The fraction of sp³-hybridized carbons (Fsp3) is 0.368. The zero-order chi connectivity index (χ0) is 20.1. The molecule has 0 radical (unpaired) electrons. The number of anilines is 1. The van der Waals surface area contributed by atoms with E-state index in [4.69, 9.17) is 0 Å². The lowest BCUT2D eigenvalue weighted by molar-refractivity contribution is 0.0823. The van der Waals surface area contributed by atoms with Gasteiger partial charge in [0.1, 0.15) is 17.2 Å². The van der Waals surface area contributed by atoms with Crippen LogP contribution < -0.4 is 10.6 Å². The van der Waals surface area contributed by atoms with Gasteiger partial charge in [0.15, 0.2) is 0 Å². The number of fused-ring (bicyclic) bond motifs is 1. The van der Waals surface area contributed by atoms with Crippen molar-refractivity contribution in [2.75, 3.05) is 45.6 Å². The number of carbonyl (C=O) groups excluding carboxylic acids is 1. The van der Waals surface area contributed by atoms with Gasteiger partial charge in [-0.05, 0) is 31.9 Å². The van der Waals surface area contributed by atoms with Crippen LogP contribution in [0.15, 0.2) is 40.9 Å². The van der Waals surface area contributed by atoms with E-state index in [0.717, 1.165) is 37.3 Å². The number of allylic oxidation sites excluding steroid dienone is 3. The molecule has 1 fully saturated rings. The fourth-order valence-corrected chi connectivity index (χ4v) is 2.90. The number of carbonyl (C=O) groups is 1. The summed E-state index contributed by atoms with van der Waals surface area (Å²) in [7, 11) is 3.41. The van der Waals surface area contributed by atoms with Gasteiger partial charge in [-0.3, -0.25) is 4.79 Å². The van der Waals surface area contributed by atoms with Crippen molar-refractivity contribution in [3.63, 3.8) is 0 Å². The summed E-state index contributed by atoms with van der Waals surface area (Å²) in [6.07, 6.45) is 5.52. The smallest absolute Gasteiger partial charge is 0.269 e. The highest BCUT2D eigenvalue weighted by Gasteiger charge is 2.13. The first-order valence-corrected chi connectivity index (χ1v) is 9.13. The van der Waals surface area contributed by atoms with E-state index in [1.54, 1.807) is 26.4 Å². The maximum Gasteiger partial charge on any atom is 0.269 e. The Bertz CT molecular complexity index is 921. The first kappa shape index (κ1) is 19.6. The molecule has 0 aromatic carbocycles. The van der Waals surface area contributed by atoms with Crippen LogP contribution in [0, 0.1) is 0 Å². The zero-order valence-electron chi connectivity index (χ0n) is 16.5. The van der Waals surface area contributed by atoms with Crippen LogP contribution in [0.4, 0.5) is 5.95 Å². The fourth-order valence-electron chi connectivity index (χ4n) is 2.90. The molecule has 0 aliphatic carbocycles. The van der Waals surface area contributed by atoms with E-state index in [0.29, 0.717) is 23.1 Å². The number of nitrogens with one attached hydrogen (secondary N) is 3. The summed E-state index contributed by atoms with van der Waals surface area (Å²) in [4.78, 5) is 31.7. The van der Waals surface area contributed by atoms with E-state index in [2.05, 4.69) is 49.1 Å². The van der Waals surface area contributed by atoms with E-state index in [1.807, 2.05) is 12.2 Å². The molecule has 2 aromatic rings. The van der Waals surface area contributed by atoms with Crippen LogP contribution in [0.3, 0.4) is 0 Å². The molecule has 9 nitrogen and oxygen atoms in total. The van der Waals surface area contributed by atoms with Gasteiger partial charge in [0, 0.05) is 57.6 Å². The predicted molar refractivity (Wildman–Crippen MR) is 111 cm³/mol. The molecule has 0 bridgehead atoms. The summed E-state index contributed by atoms with van der Waals surface area (Å²) in [6.45, 7) is 9.64. The lowest BCUT2D eigenvalue weighted by atomic mass is 10.3. The Labute approximate surface area is 164 Å². The molecule has 1 amide bonds. The van der Waals surface area contributed by atoms with Gasteiger partial charge >= 0.3 is 0 Å². The number of piperazine rings is 1. The Morgan fingerprint density at radius 2 is 2.11 bits per heavy atom. The Balaban J connectivity index is 1.75. The van der Waals surface area contributed by atoms with Crippen molar-refractivity contribution < 1.29 is 4.79 Å². The molecular weight excluding hydrogens is 356 g/mol. The number of H-pyrrole nitrogens is 1. The van der Waals surface area contributed by atoms with Gasteiger partial charge in [0.25, 0.3) is 5.91 Å². The summed E-state index contributed by atoms with van der Waals surface area (Å²) in [5.74, 6) is 0.810. The van der Waals surface area contributed by atoms with Gasteiger partial charge in [-0.1, -0.05) is 0 Å². The number of amides is 1. The van der Waals surface area contributed by atoms with E-state index >= 15 is 0 Å². The number of hydrogen-bond donors (Lipinski definition) is 3. The number of nitrogens with zero attached hydrogens (tertiary/aromatic N) is 5. The number of aliphatic imine (C=N–C) groups is 1. The monoisotopic (exact) mass is 382 g/mol. The molecule has 2 aromatic heterocycles. The topological polar surface area (TPSA) is 102 Å². The first-order chi connectivity index (χ1) is 13.5. The van der Waals surface area contributed by atoms with Crippen molar-refractivity contribution in [1.29, 1.82) is 0 Å². The first-order valence-electron chi connectivity index (χ1n) is 9.13. The van der Waals surface area contributed by atoms with Gasteiger partial charge in [-0.25, -0.2) is 9.98 Å². The standard InChI is InChI=1S/C19H26N8O/c1-13(27-9-7-21-8-10-27)5-6-16(20-2)24-19-22-12-14-11-15(18(28)26(3)4)23-17(14)25-19/h5-6,11-12,21H,2,7-10H2,1,3-4H3,(H2,22,23,24,25)/b13-5+,16-6+. The molecule has 3 rings (SSSR count). The van der Waals surface area contributed by atoms with Crippen molar-refractivity contribution in [2.45, 2.75) is 6.92 Å². The maximum absolute atomic E-state index is 12.1. The highest BCUT2D eigenvalue weighted by Crippen LogP contribution is 2.16. The number of aromatic amines is 1. The molecule has 0 unspecified atom stereocenters. The van der Waals surface area contributed by atoms with Crippen molar-refractivity contribution in [3.05, 3.63) is 41.6 Å². The van der Waals surface area contributed by atoms with Gasteiger partial charge in [-0.2, -0.15) is 4.98 Å². The highest BCUT2D eigenvalue weighted by molar-refractivity contribution is 5.96. The number of rotatable bonds is 6. The van der Waals surface area contributed by atoms with Gasteiger partial charge in [-0.15, -0.1) is 0 Å². The summed E-state index contributed by atoms with van der Waals surface area (Å²) in [6, 6.07) is 1.74. The molecule has 1 aliphatic rings. The predicted octanol–water partition coefficient (Wildman–Crippen LogP) is 1.42. The quantitative estimate of drug-likeness (QED) is 0.516. The van der Waals surface area contributed by atoms with Gasteiger partial charge < -0.3 is 25.4 Å². The Morgan fingerprint density at radius 1 is 1.36 bits per heavy atom. The van der Waals surface area contributed by atoms with E-state index in [-0.39, 0.29) is 5.91 Å². The molecule has 0 spiro atoms. The molecule has 3 N–H and O–H groups in total. The molecule has 0 atom stereocenters. The molecule has 1 aliphatic heterocycles. The second-order valence-corrected chi connectivity index (χ2v) is 6.76. The van der Waals surface area contributed by atoms with Crippen molar-refractivity contribution in [2.24, 2.45) is 4.99 Å².